The molecule has 2 aliphatic rings. The Kier molecular flexibility index (Phi) is 3.33. The Balaban J connectivity index is 1.66. The zero-order chi connectivity index (χ0) is 15.0. The maximum Gasteiger partial charge on any atom is 0.322 e. The first-order chi connectivity index (χ1) is 9.98. The molecule has 7 heteroatoms. The highest BCUT2D eigenvalue weighted by Crippen LogP contribution is 2.25. The lowest BCUT2D eigenvalue weighted by molar-refractivity contribution is -0.130. The number of halogens is 1. The Morgan fingerprint density at radius 2 is 2.00 bits per heavy atom. The Bertz CT molecular complexity index is 616. The second kappa shape index (κ2) is 5.04. The van der Waals surface area contributed by atoms with Gasteiger partial charge < -0.3 is 10.2 Å². The van der Waals surface area contributed by atoms with E-state index in [2.05, 4.69) is 10.6 Å². The van der Waals surface area contributed by atoms with Gasteiger partial charge >= 0.3 is 6.03 Å². The van der Waals surface area contributed by atoms with Crippen LogP contribution in [0, 0.1) is 0 Å². The number of hydrogen-bond donors (Lipinski definition) is 2. The molecule has 2 aliphatic heterocycles. The zero-order valence-corrected chi connectivity index (χ0v) is 11.9. The molecule has 0 bridgehead atoms. The Morgan fingerprint density at radius 1 is 1.29 bits per heavy atom. The summed E-state index contributed by atoms with van der Waals surface area (Å²) in [4.78, 5) is 37.0. The van der Waals surface area contributed by atoms with Gasteiger partial charge in [-0.2, -0.15) is 0 Å². The lowest BCUT2D eigenvalue weighted by atomic mass is 9.99. The average Bonchev–Trinajstić information content (AvgIpc) is 2.97. The molecule has 1 unspecified atom stereocenters. The minimum absolute atomic E-state index is 0.0665. The van der Waals surface area contributed by atoms with E-state index >= 15 is 0 Å². The molecule has 0 aliphatic carbocycles. The van der Waals surface area contributed by atoms with Gasteiger partial charge in [-0.25, -0.2) is 4.79 Å². The van der Waals surface area contributed by atoms with Gasteiger partial charge in [-0.05, 0) is 24.1 Å². The van der Waals surface area contributed by atoms with Crippen LogP contribution in [0.1, 0.15) is 12.0 Å². The number of nitrogens with one attached hydrogen (secondary N) is 2. The van der Waals surface area contributed by atoms with E-state index in [1.54, 1.807) is 29.2 Å². The standard InChI is InChI=1S/C14H14ClN3O3/c15-10-3-1-9(2-4-10)7-11(19)18-6-5-14(8-18)12(20)16-13(21)17-14/h1-4H,5-8H2,(H2,16,17,20,21). The minimum atomic E-state index is -0.952. The molecule has 2 heterocycles. The van der Waals surface area contributed by atoms with E-state index in [4.69, 9.17) is 11.6 Å². The van der Waals surface area contributed by atoms with Crippen LogP contribution < -0.4 is 10.6 Å². The molecule has 1 aromatic carbocycles. The molecule has 1 atom stereocenters. The van der Waals surface area contributed by atoms with Crippen molar-refractivity contribution in [3.05, 3.63) is 34.9 Å². The second-order valence-corrected chi connectivity index (χ2v) is 5.80. The van der Waals surface area contributed by atoms with Crippen LogP contribution in [-0.2, 0) is 16.0 Å². The van der Waals surface area contributed by atoms with Gasteiger partial charge in [0.1, 0.15) is 5.54 Å². The number of hydrogen-bond acceptors (Lipinski definition) is 3. The maximum atomic E-state index is 12.3. The third-order valence-electron chi connectivity index (χ3n) is 3.91. The smallest absolute Gasteiger partial charge is 0.322 e. The largest absolute Gasteiger partial charge is 0.339 e. The molecule has 0 radical (unpaired) electrons. The summed E-state index contributed by atoms with van der Waals surface area (Å²) < 4.78 is 0. The van der Waals surface area contributed by atoms with E-state index in [0.717, 1.165) is 5.56 Å². The van der Waals surface area contributed by atoms with Gasteiger partial charge in [0.25, 0.3) is 5.91 Å². The molecule has 1 spiro atoms. The van der Waals surface area contributed by atoms with Gasteiger partial charge in [0.05, 0.1) is 13.0 Å². The molecular formula is C14H14ClN3O3. The van der Waals surface area contributed by atoms with Gasteiger partial charge in [-0.3, -0.25) is 14.9 Å². The van der Waals surface area contributed by atoms with Crippen LogP contribution >= 0.6 is 11.6 Å². The van der Waals surface area contributed by atoms with Crippen molar-refractivity contribution in [3.8, 4) is 0 Å². The highest BCUT2D eigenvalue weighted by atomic mass is 35.5. The molecule has 110 valence electrons. The molecule has 6 nitrogen and oxygen atoms in total. The van der Waals surface area contributed by atoms with Crippen molar-refractivity contribution < 1.29 is 14.4 Å². The Hall–Kier alpha value is -2.08. The SMILES string of the molecule is O=C1NC(=O)C2(CCN(C(=O)Cc3ccc(Cl)cc3)C2)N1. The van der Waals surface area contributed by atoms with Crippen LogP contribution in [0.5, 0.6) is 0 Å². The predicted molar refractivity (Wildman–Crippen MR) is 75.8 cm³/mol. The van der Waals surface area contributed by atoms with Crippen molar-refractivity contribution in [3.63, 3.8) is 0 Å². The quantitative estimate of drug-likeness (QED) is 0.789. The van der Waals surface area contributed by atoms with Crippen molar-refractivity contribution in [1.29, 1.82) is 0 Å². The van der Waals surface area contributed by atoms with Gasteiger partial charge in [0.2, 0.25) is 5.91 Å². The zero-order valence-electron chi connectivity index (χ0n) is 11.2. The van der Waals surface area contributed by atoms with Gasteiger partial charge in [0.15, 0.2) is 0 Å². The highest BCUT2D eigenvalue weighted by Gasteiger charge is 2.51. The molecule has 2 saturated heterocycles. The first-order valence-electron chi connectivity index (χ1n) is 6.64. The molecule has 0 aromatic heterocycles. The summed E-state index contributed by atoms with van der Waals surface area (Å²) in [6, 6.07) is 6.58. The first kappa shape index (κ1) is 13.9. The molecule has 2 N–H and O–H groups in total. The van der Waals surface area contributed by atoms with Crippen molar-refractivity contribution in [1.82, 2.24) is 15.5 Å². The fourth-order valence-electron chi connectivity index (χ4n) is 2.73. The monoisotopic (exact) mass is 307 g/mol. The normalized spacial score (nSPS) is 24.3. The van der Waals surface area contributed by atoms with Crippen molar-refractivity contribution in [2.75, 3.05) is 13.1 Å². The van der Waals surface area contributed by atoms with Gasteiger partial charge in [-0.15, -0.1) is 0 Å². The number of benzene rings is 1. The molecular weight excluding hydrogens is 294 g/mol. The number of carbonyl (C=O) groups is 3. The van der Waals surface area contributed by atoms with E-state index in [-0.39, 0.29) is 24.8 Å². The van der Waals surface area contributed by atoms with Crippen LogP contribution in [-0.4, -0.2) is 41.4 Å². The number of urea groups is 1. The van der Waals surface area contributed by atoms with Crippen molar-refractivity contribution in [2.45, 2.75) is 18.4 Å². The number of nitrogens with zero attached hydrogens (tertiary/aromatic N) is 1. The Labute approximate surface area is 126 Å². The molecule has 2 fully saturated rings. The third kappa shape index (κ3) is 2.58. The summed E-state index contributed by atoms with van der Waals surface area (Å²) in [7, 11) is 0. The molecule has 1 aromatic rings. The van der Waals surface area contributed by atoms with E-state index in [0.29, 0.717) is 18.0 Å². The fourth-order valence-corrected chi connectivity index (χ4v) is 2.85. The first-order valence-corrected chi connectivity index (χ1v) is 7.02. The molecule has 0 saturated carbocycles. The summed E-state index contributed by atoms with van der Waals surface area (Å²) in [6.07, 6.45) is 0.694. The van der Waals surface area contributed by atoms with Gasteiger partial charge in [0, 0.05) is 11.6 Å². The molecule has 3 rings (SSSR count). The summed E-state index contributed by atoms with van der Waals surface area (Å²) in [6.45, 7) is 0.678. The molecule has 21 heavy (non-hydrogen) atoms. The lowest BCUT2D eigenvalue weighted by Gasteiger charge is -2.21. The minimum Gasteiger partial charge on any atom is -0.339 e. The summed E-state index contributed by atoms with van der Waals surface area (Å²) in [5.41, 5.74) is -0.0857. The van der Waals surface area contributed by atoms with Crippen LogP contribution in [0.15, 0.2) is 24.3 Å². The van der Waals surface area contributed by atoms with E-state index in [9.17, 15) is 14.4 Å². The fraction of sp³-hybridized carbons (Fsp3) is 0.357. The van der Waals surface area contributed by atoms with E-state index in [1.165, 1.54) is 0 Å². The number of imide groups is 1. The Morgan fingerprint density at radius 3 is 2.62 bits per heavy atom. The van der Waals surface area contributed by atoms with Crippen LogP contribution in [0.2, 0.25) is 5.02 Å². The summed E-state index contributed by atoms with van der Waals surface area (Å²) in [5, 5.41) is 5.47. The number of likely N-dealkylation sites (tertiary alicyclic amines) is 1. The summed E-state index contributed by atoms with van der Waals surface area (Å²) in [5.74, 6) is -0.419. The van der Waals surface area contributed by atoms with E-state index < -0.39 is 11.6 Å². The average molecular weight is 308 g/mol. The maximum absolute atomic E-state index is 12.3. The predicted octanol–water partition coefficient (Wildman–Crippen LogP) is 0.693. The van der Waals surface area contributed by atoms with Crippen molar-refractivity contribution in [2.24, 2.45) is 0 Å². The number of carbonyl (C=O) groups excluding carboxylic acids is 3. The van der Waals surface area contributed by atoms with Crippen molar-refractivity contribution >= 4 is 29.4 Å². The molecule has 4 amide bonds. The van der Waals surface area contributed by atoms with Crippen LogP contribution in [0.3, 0.4) is 0 Å². The highest BCUT2D eigenvalue weighted by molar-refractivity contribution is 6.30. The van der Waals surface area contributed by atoms with Crippen LogP contribution in [0.25, 0.3) is 0 Å². The third-order valence-corrected chi connectivity index (χ3v) is 4.16. The lowest BCUT2D eigenvalue weighted by Crippen LogP contribution is -2.49. The van der Waals surface area contributed by atoms with E-state index in [1.807, 2.05) is 0 Å². The number of amides is 4. The van der Waals surface area contributed by atoms with Gasteiger partial charge in [-0.1, -0.05) is 23.7 Å². The number of rotatable bonds is 2. The topological polar surface area (TPSA) is 78.5 Å². The second-order valence-electron chi connectivity index (χ2n) is 5.36. The van der Waals surface area contributed by atoms with Crippen LogP contribution in [0.4, 0.5) is 4.79 Å². The summed E-state index contributed by atoms with van der Waals surface area (Å²) >= 11 is 5.81.